The summed E-state index contributed by atoms with van der Waals surface area (Å²) in [4.78, 5) is 29.6. The lowest BCUT2D eigenvalue weighted by Crippen LogP contribution is -2.45. The van der Waals surface area contributed by atoms with E-state index < -0.39 is 39.2 Å². The lowest BCUT2D eigenvalue weighted by atomic mass is 9.92. The largest absolute Gasteiger partial charge is 0.381 e. The van der Waals surface area contributed by atoms with E-state index >= 15 is 0 Å². The van der Waals surface area contributed by atoms with Gasteiger partial charge in [0.25, 0.3) is 5.91 Å². The molecule has 35 heavy (non-hydrogen) atoms. The monoisotopic (exact) mass is 506 g/mol. The van der Waals surface area contributed by atoms with Crippen LogP contribution in [-0.4, -0.2) is 50.0 Å². The van der Waals surface area contributed by atoms with Crippen LogP contribution in [0.3, 0.4) is 0 Å². The molecule has 1 atom stereocenters. The van der Waals surface area contributed by atoms with Gasteiger partial charge in [-0.25, -0.2) is 22.5 Å². The van der Waals surface area contributed by atoms with Crippen molar-refractivity contribution in [1.82, 2.24) is 15.0 Å². The Morgan fingerprint density at radius 2 is 1.77 bits per heavy atom. The average Bonchev–Trinajstić information content (AvgIpc) is 2.78. The molecule has 0 aliphatic carbocycles. The first kappa shape index (κ1) is 26.7. The Balaban J connectivity index is 1.72. The van der Waals surface area contributed by atoms with Crippen LogP contribution in [0.2, 0.25) is 0 Å². The fraction of sp³-hybridized carbons (Fsp3) is 0.458. The Hall–Kier alpha value is -2.89. The SMILES string of the molecule is CC(C)(C)NS(=O)(=O)c1ccc(NC(=O)[C@H](CC2CCOCC2)NC(=O)c2ccc(F)cn2)cc1. The van der Waals surface area contributed by atoms with Crippen molar-refractivity contribution in [3.63, 3.8) is 0 Å². The number of benzene rings is 1. The smallest absolute Gasteiger partial charge is 0.270 e. The van der Waals surface area contributed by atoms with Crippen LogP contribution in [0.5, 0.6) is 0 Å². The molecule has 1 aliphatic rings. The minimum Gasteiger partial charge on any atom is -0.381 e. The van der Waals surface area contributed by atoms with Crippen LogP contribution in [0, 0.1) is 11.7 Å². The zero-order valence-electron chi connectivity index (χ0n) is 20.0. The van der Waals surface area contributed by atoms with Crippen molar-refractivity contribution in [1.29, 1.82) is 0 Å². The number of sulfonamides is 1. The number of nitrogens with zero attached hydrogens (tertiary/aromatic N) is 1. The van der Waals surface area contributed by atoms with Crippen LogP contribution in [0.4, 0.5) is 10.1 Å². The van der Waals surface area contributed by atoms with Crippen molar-refractivity contribution >= 4 is 27.5 Å². The predicted molar refractivity (Wildman–Crippen MR) is 129 cm³/mol. The van der Waals surface area contributed by atoms with Gasteiger partial charge < -0.3 is 15.4 Å². The molecule has 3 N–H and O–H groups in total. The Morgan fingerprint density at radius 3 is 2.34 bits per heavy atom. The first-order valence-electron chi connectivity index (χ1n) is 11.4. The normalized spacial score (nSPS) is 15.9. The molecule has 9 nitrogen and oxygen atoms in total. The number of amides is 2. The van der Waals surface area contributed by atoms with Crippen molar-refractivity contribution in [2.75, 3.05) is 18.5 Å². The van der Waals surface area contributed by atoms with Gasteiger partial charge in [0.2, 0.25) is 15.9 Å². The zero-order valence-corrected chi connectivity index (χ0v) is 20.8. The summed E-state index contributed by atoms with van der Waals surface area (Å²) in [5.74, 6) is -1.43. The number of aromatic nitrogens is 1. The number of carbonyl (C=O) groups excluding carboxylic acids is 2. The predicted octanol–water partition coefficient (Wildman–Crippen LogP) is 2.85. The summed E-state index contributed by atoms with van der Waals surface area (Å²) in [6.07, 6.45) is 2.86. The number of pyridine rings is 1. The highest BCUT2D eigenvalue weighted by Gasteiger charge is 2.27. The van der Waals surface area contributed by atoms with Gasteiger partial charge in [-0.05, 0) is 82.3 Å². The highest BCUT2D eigenvalue weighted by molar-refractivity contribution is 7.89. The number of hydrogen-bond acceptors (Lipinski definition) is 6. The van der Waals surface area contributed by atoms with Crippen molar-refractivity contribution in [3.8, 4) is 0 Å². The molecule has 0 saturated carbocycles. The highest BCUT2D eigenvalue weighted by atomic mass is 32.2. The van der Waals surface area contributed by atoms with Crippen LogP contribution >= 0.6 is 0 Å². The molecule has 3 rings (SSSR count). The lowest BCUT2D eigenvalue weighted by molar-refractivity contribution is -0.118. The van der Waals surface area contributed by atoms with E-state index in [1.54, 1.807) is 20.8 Å². The first-order chi connectivity index (χ1) is 16.4. The maximum atomic E-state index is 13.2. The number of rotatable bonds is 8. The standard InChI is InChI=1S/C24H31FN4O5S/c1-24(2,3)29-35(32,33)19-7-5-18(6-8-19)27-23(31)21(14-16-10-12-34-13-11-16)28-22(30)20-9-4-17(25)15-26-20/h4-9,15-16,21,29H,10-14H2,1-3H3,(H,27,31)(H,28,30)/t21-/m0/s1. The van der Waals surface area contributed by atoms with Crippen molar-refractivity contribution in [2.45, 2.75) is 56.5 Å². The second-order valence-corrected chi connectivity index (χ2v) is 11.2. The summed E-state index contributed by atoms with van der Waals surface area (Å²) in [6.45, 7) is 6.41. The summed E-state index contributed by atoms with van der Waals surface area (Å²) >= 11 is 0. The quantitative estimate of drug-likeness (QED) is 0.505. The van der Waals surface area contributed by atoms with Gasteiger partial charge in [-0.1, -0.05) is 0 Å². The van der Waals surface area contributed by atoms with E-state index in [9.17, 15) is 22.4 Å². The molecular weight excluding hydrogens is 475 g/mol. The van der Waals surface area contributed by atoms with E-state index in [1.807, 2.05) is 0 Å². The number of anilines is 1. The van der Waals surface area contributed by atoms with E-state index in [1.165, 1.54) is 30.3 Å². The van der Waals surface area contributed by atoms with Crippen LogP contribution in [0.15, 0.2) is 47.5 Å². The van der Waals surface area contributed by atoms with E-state index in [-0.39, 0.29) is 16.5 Å². The van der Waals surface area contributed by atoms with E-state index in [0.29, 0.717) is 25.3 Å². The third kappa shape index (κ3) is 8.08. The summed E-state index contributed by atoms with van der Waals surface area (Å²) in [7, 11) is -3.71. The molecule has 11 heteroatoms. The van der Waals surface area contributed by atoms with Gasteiger partial charge >= 0.3 is 0 Å². The second kappa shape index (κ2) is 11.2. The molecule has 0 spiro atoms. The molecule has 0 unspecified atom stereocenters. The number of halogens is 1. The van der Waals surface area contributed by atoms with E-state index in [2.05, 4.69) is 20.3 Å². The minimum absolute atomic E-state index is 0.00270. The highest BCUT2D eigenvalue weighted by Crippen LogP contribution is 2.22. The Kier molecular flexibility index (Phi) is 8.57. The van der Waals surface area contributed by atoms with Gasteiger partial charge in [0.05, 0.1) is 11.1 Å². The van der Waals surface area contributed by atoms with Crippen molar-refractivity contribution in [3.05, 3.63) is 54.1 Å². The number of ether oxygens (including phenoxy) is 1. The minimum atomic E-state index is -3.71. The molecule has 2 aromatic rings. The summed E-state index contributed by atoms with van der Waals surface area (Å²) in [5, 5.41) is 5.44. The third-order valence-electron chi connectivity index (χ3n) is 5.36. The van der Waals surface area contributed by atoms with Crippen LogP contribution in [-0.2, 0) is 19.6 Å². The Labute approximate surface area is 204 Å². The molecule has 1 aromatic heterocycles. The summed E-state index contributed by atoms with van der Waals surface area (Å²) < 4.78 is 46.1. The number of hydrogen-bond donors (Lipinski definition) is 3. The number of nitrogens with one attached hydrogen (secondary N) is 3. The van der Waals surface area contributed by atoms with Gasteiger partial charge in [0.1, 0.15) is 17.6 Å². The molecule has 2 amide bonds. The maximum absolute atomic E-state index is 13.2. The molecule has 0 radical (unpaired) electrons. The third-order valence-corrected chi connectivity index (χ3v) is 7.14. The average molecular weight is 507 g/mol. The summed E-state index contributed by atoms with van der Waals surface area (Å²) in [6, 6.07) is 7.28. The van der Waals surface area contributed by atoms with Crippen LogP contribution < -0.4 is 15.4 Å². The number of carbonyl (C=O) groups is 2. The fourth-order valence-electron chi connectivity index (χ4n) is 3.70. The first-order valence-corrected chi connectivity index (χ1v) is 12.9. The Morgan fingerprint density at radius 1 is 1.11 bits per heavy atom. The molecule has 0 bridgehead atoms. The van der Waals surface area contributed by atoms with Crippen LogP contribution in [0.25, 0.3) is 0 Å². The molecule has 1 fully saturated rings. The Bertz CT molecular complexity index is 1130. The molecule has 190 valence electrons. The zero-order chi connectivity index (χ0) is 25.6. The van der Waals surface area contributed by atoms with Gasteiger partial charge in [-0.2, -0.15) is 0 Å². The lowest BCUT2D eigenvalue weighted by Gasteiger charge is -2.26. The van der Waals surface area contributed by atoms with Crippen molar-refractivity contribution < 1.29 is 27.1 Å². The van der Waals surface area contributed by atoms with Crippen molar-refractivity contribution in [2.24, 2.45) is 5.92 Å². The maximum Gasteiger partial charge on any atom is 0.270 e. The second-order valence-electron chi connectivity index (χ2n) is 9.55. The molecule has 1 aliphatic heterocycles. The van der Waals surface area contributed by atoms with E-state index in [0.717, 1.165) is 25.1 Å². The van der Waals surface area contributed by atoms with Gasteiger partial charge in [-0.3, -0.25) is 9.59 Å². The van der Waals surface area contributed by atoms with E-state index in [4.69, 9.17) is 4.74 Å². The van der Waals surface area contributed by atoms with Gasteiger partial charge in [-0.15, -0.1) is 0 Å². The molecule has 1 saturated heterocycles. The topological polar surface area (TPSA) is 126 Å². The van der Waals surface area contributed by atoms with Gasteiger partial charge in [0, 0.05) is 24.4 Å². The molecule has 2 heterocycles. The molecular formula is C24H31FN4O5S. The molecule has 1 aromatic carbocycles. The fourth-order valence-corrected chi connectivity index (χ4v) is 5.12. The van der Waals surface area contributed by atoms with Crippen LogP contribution in [0.1, 0.15) is 50.5 Å². The summed E-state index contributed by atoms with van der Waals surface area (Å²) in [5.41, 5.74) is -0.256. The van der Waals surface area contributed by atoms with Gasteiger partial charge in [0.15, 0.2) is 0 Å².